The third-order valence-electron chi connectivity index (χ3n) is 4.60. The number of carbonyl (C=O) groups excluding carboxylic acids is 1. The Labute approximate surface area is 167 Å². The molecule has 148 valence electrons. The van der Waals surface area contributed by atoms with E-state index in [0.717, 1.165) is 28.0 Å². The molecule has 29 heavy (non-hydrogen) atoms. The highest BCUT2D eigenvalue weighted by molar-refractivity contribution is 5.92. The fourth-order valence-corrected chi connectivity index (χ4v) is 3.13. The summed E-state index contributed by atoms with van der Waals surface area (Å²) in [5, 5.41) is 14.5. The summed E-state index contributed by atoms with van der Waals surface area (Å²) in [6, 6.07) is 7.73. The fourth-order valence-electron chi connectivity index (χ4n) is 3.13. The lowest BCUT2D eigenvalue weighted by atomic mass is 10.1. The van der Waals surface area contributed by atoms with Crippen molar-refractivity contribution >= 4 is 28.6 Å². The van der Waals surface area contributed by atoms with Crippen LogP contribution in [0.4, 0.5) is 11.5 Å². The summed E-state index contributed by atoms with van der Waals surface area (Å²) in [6.45, 7) is 2.03. The molecule has 9 heteroatoms. The molecule has 4 aromatic rings. The van der Waals surface area contributed by atoms with Gasteiger partial charge in [-0.1, -0.05) is 12.1 Å². The van der Waals surface area contributed by atoms with Crippen LogP contribution in [0.5, 0.6) is 0 Å². The Kier molecular flexibility index (Phi) is 4.94. The van der Waals surface area contributed by atoms with Crippen LogP contribution in [-0.2, 0) is 25.3 Å². The lowest BCUT2D eigenvalue weighted by molar-refractivity contribution is -0.115. The first-order valence-corrected chi connectivity index (χ1v) is 9.26. The molecule has 3 heterocycles. The van der Waals surface area contributed by atoms with Gasteiger partial charge in [0.1, 0.15) is 11.3 Å². The molecule has 0 bridgehead atoms. The van der Waals surface area contributed by atoms with E-state index in [2.05, 4.69) is 30.8 Å². The van der Waals surface area contributed by atoms with Gasteiger partial charge >= 0.3 is 0 Å². The minimum atomic E-state index is -0.0803. The summed E-state index contributed by atoms with van der Waals surface area (Å²) in [7, 11) is 3.66. The van der Waals surface area contributed by atoms with E-state index in [-0.39, 0.29) is 18.4 Å². The van der Waals surface area contributed by atoms with Crippen molar-refractivity contribution in [1.82, 2.24) is 29.5 Å². The van der Waals surface area contributed by atoms with Crippen molar-refractivity contribution in [2.24, 2.45) is 14.1 Å². The number of aryl methyl sites for hydroxylation is 2. The molecule has 0 saturated carbocycles. The number of rotatable bonds is 6. The SMILES string of the molecule is C[C@H](Nc1cnc2cnn(C)c2n1)c1cccc(NC(=O)Cc2cnn(C)c2)c1. The largest absolute Gasteiger partial charge is 0.362 e. The summed E-state index contributed by atoms with van der Waals surface area (Å²) in [4.78, 5) is 21.2. The van der Waals surface area contributed by atoms with Crippen LogP contribution in [0, 0.1) is 0 Å². The predicted molar refractivity (Wildman–Crippen MR) is 110 cm³/mol. The summed E-state index contributed by atoms with van der Waals surface area (Å²) < 4.78 is 3.37. The van der Waals surface area contributed by atoms with Crippen molar-refractivity contribution in [3.63, 3.8) is 0 Å². The Hall–Kier alpha value is -3.75. The predicted octanol–water partition coefficient (Wildman–Crippen LogP) is 2.45. The molecule has 0 aliphatic rings. The second-order valence-corrected chi connectivity index (χ2v) is 6.97. The molecule has 0 fully saturated rings. The number of nitrogens with one attached hydrogen (secondary N) is 2. The number of aromatic nitrogens is 6. The molecule has 0 spiro atoms. The third-order valence-corrected chi connectivity index (χ3v) is 4.60. The highest BCUT2D eigenvalue weighted by atomic mass is 16.1. The molecule has 0 aliphatic heterocycles. The molecule has 9 nitrogen and oxygen atoms in total. The van der Waals surface area contributed by atoms with E-state index in [1.165, 1.54) is 0 Å². The van der Waals surface area contributed by atoms with E-state index < -0.39 is 0 Å². The Bertz CT molecular complexity index is 1160. The number of fused-ring (bicyclic) bond motifs is 1. The smallest absolute Gasteiger partial charge is 0.228 e. The first kappa shape index (κ1) is 18.6. The number of anilines is 2. The van der Waals surface area contributed by atoms with Crippen molar-refractivity contribution in [3.05, 3.63) is 60.2 Å². The summed E-state index contributed by atoms with van der Waals surface area (Å²) in [5.41, 5.74) is 4.12. The standard InChI is InChI=1S/C20H22N8O/c1-13(24-18-11-21-17-10-23-28(3)20(17)26-18)15-5-4-6-16(8-15)25-19(29)7-14-9-22-27(2)12-14/h4-6,8-13H,7H2,1-3H3,(H,24,26)(H,25,29)/t13-/m0/s1. The molecule has 0 aliphatic carbocycles. The van der Waals surface area contributed by atoms with Gasteiger partial charge in [0, 0.05) is 26.0 Å². The number of hydrogen-bond donors (Lipinski definition) is 2. The second-order valence-electron chi connectivity index (χ2n) is 6.97. The Morgan fingerprint density at radius 1 is 1.17 bits per heavy atom. The molecular formula is C20H22N8O. The summed E-state index contributed by atoms with van der Waals surface area (Å²) in [6.07, 6.45) is 7.20. The molecule has 0 saturated heterocycles. The molecule has 1 atom stereocenters. The Morgan fingerprint density at radius 2 is 2.03 bits per heavy atom. The number of amides is 1. The van der Waals surface area contributed by atoms with E-state index in [1.54, 1.807) is 28.0 Å². The second kappa shape index (κ2) is 7.70. The van der Waals surface area contributed by atoms with Gasteiger partial charge in [-0.25, -0.2) is 14.6 Å². The van der Waals surface area contributed by atoms with Crippen LogP contribution in [0.2, 0.25) is 0 Å². The van der Waals surface area contributed by atoms with Crippen molar-refractivity contribution in [3.8, 4) is 0 Å². The van der Waals surface area contributed by atoms with Crippen molar-refractivity contribution < 1.29 is 4.79 Å². The van der Waals surface area contributed by atoms with Crippen LogP contribution >= 0.6 is 0 Å². The number of benzene rings is 1. The average molecular weight is 390 g/mol. The van der Waals surface area contributed by atoms with E-state index in [1.807, 2.05) is 51.5 Å². The minimum absolute atomic E-state index is 0.0230. The third kappa shape index (κ3) is 4.23. The van der Waals surface area contributed by atoms with Crippen molar-refractivity contribution in [1.29, 1.82) is 0 Å². The quantitative estimate of drug-likeness (QED) is 0.524. The van der Waals surface area contributed by atoms with Crippen molar-refractivity contribution in [2.75, 3.05) is 10.6 Å². The topological polar surface area (TPSA) is 103 Å². The molecule has 1 amide bonds. The van der Waals surface area contributed by atoms with Crippen LogP contribution in [0.1, 0.15) is 24.1 Å². The summed E-state index contributed by atoms with van der Waals surface area (Å²) in [5.74, 6) is 0.586. The highest BCUT2D eigenvalue weighted by Gasteiger charge is 2.11. The minimum Gasteiger partial charge on any atom is -0.362 e. The fraction of sp³-hybridized carbons (Fsp3) is 0.250. The Balaban J connectivity index is 1.44. The van der Waals surface area contributed by atoms with Crippen LogP contribution in [-0.4, -0.2) is 35.4 Å². The Morgan fingerprint density at radius 3 is 2.83 bits per heavy atom. The molecule has 0 radical (unpaired) electrons. The number of hydrogen-bond acceptors (Lipinski definition) is 6. The zero-order chi connectivity index (χ0) is 20.4. The van der Waals surface area contributed by atoms with Gasteiger partial charge in [-0.2, -0.15) is 10.2 Å². The lowest BCUT2D eigenvalue weighted by Crippen LogP contribution is -2.15. The van der Waals surface area contributed by atoms with Gasteiger partial charge in [0.05, 0.1) is 31.1 Å². The van der Waals surface area contributed by atoms with Gasteiger partial charge in [-0.3, -0.25) is 9.48 Å². The first-order chi connectivity index (χ1) is 14.0. The molecule has 2 N–H and O–H groups in total. The highest BCUT2D eigenvalue weighted by Crippen LogP contribution is 2.22. The van der Waals surface area contributed by atoms with E-state index in [4.69, 9.17) is 0 Å². The zero-order valence-electron chi connectivity index (χ0n) is 16.5. The van der Waals surface area contributed by atoms with Gasteiger partial charge in [0.15, 0.2) is 5.65 Å². The maximum atomic E-state index is 12.3. The summed E-state index contributed by atoms with van der Waals surface area (Å²) >= 11 is 0. The number of carbonyl (C=O) groups is 1. The number of nitrogens with zero attached hydrogens (tertiary/aromatic N) is 6. The first-order valence-electron chi connectivity index (χ1n) is 9.26. The van der Waals surface area contributed by atoms with Gasteiger partial charge in [-0.05, 0) is 30.2 Å². The zero-order valence-corrected chi connectivity index (χ0v) is 16.5. The molecule has 3 aromatic heterocycles. The molecule has 4 rings (SSSR count). The van der Waals surface area contributed by atoms with Gasteiger partial charge in [-0.15, -0.1) is 0 Å². The van der Waals surface area contributed by atoms with Crippen LogP contribution < -0.4 is 10.6 Å². The molecule has 0 unspecified atom stereocenters. The molecular weight excluding hydrogens is 368 g/mol. The van der Waals surface area contributed by atoms with Gasteiger partial charge in [0.25, 0.3) is 0 Å². The monoisotopic (exact) mass is 390 g/mol. The van der Waals surface area contributed by atoms with Crippen LogP contribution in [0.3, 0.4) is 0 Å². The van der Waals surface area contributed by atoms with Crippen molar-refractivity contribution in [2.45, 2.75) is 19.4 Å². The van der Waals surface area contributed by atoms with Crippen LogP contribution in [0.25, 0.3) is 11.2 Å². The van der Waals surface area contributed by atoms with Gasteiger partial charge < -0.3 is 10.6 Å². The van der Waals surface area contributed by atoms with E-state index in [9.17, 15) is 4.79 Å². The molecule has 1 aromatic carbocycles. The van der Waals surface area contributed by atoms with Crippen LogP contribution in [0.15, 0.2) is 49.1 Å². The van der Waals surface area contributed by atoms with E-state index in [0.29, 0.717) is 5.82 Å². The maximum Gasteiger partial charge on any atom is 0.228 e. The van der Waals surface area contributed by atoms with Gasteiger partial charge in [0.2, 0.25) is 5.91 Å². The maximum absolute atomic E-state index is 12.3. The normalized spacial score (nSPS) is 12.1. The van der Waals surface area contributed by atoms with E-state index >= 15 is 0 Å². The average Bonchev–Trinajstić information content (AvgIpc) is 3.27. The lowest BCUT2D eigenvalue weighted by Gasteiger charge is -2.16.